The van der Waals surface area contributed by atoms with Crippen LogP contribution in [0, 0.1) is 23.7 Å². The monoisotopic (exact) mass is 455 g/mol. The van der Waals surface area contributed by atoms with Gasteiger partial charge in [0.15, 0.2) is 0 Å². The predicted molar refractivity (Wildman–Crippen MR) is 116 cm³/mol. The first-order valence-electron chi connectivity index (χ1n) is 11.4. The fourth-order valence-corrected chi connectivity index (χ4v) is 5.54. The molecule has 2 aliphatic carbocycles. The van der Waals surface area contributed by atoms with Crippen LogP contribution >= 0.6 is 0 Å². The Hall–Kier alpha value is -3.16. The number of hydrogen-bond donors (Lipinski definition) is 0. The minimum absolute atomic E-state index is 0.00319. The normalized spacial score (nSPS) is 28.3. The highest BCUT2D eigenvalue weighted by Crippen LogP contribution is 2.50. The Morgan fingerprint density at radius 2 is 1.85 bits per heavy atom. The lowest BCUT2D eigenvalue weighted by Gasteiger charge is -2.40. The number of fused-ring (bicyclic) bond motifs is 2. The van der Waals surface area contributed by atoms with E-state index in [1.807, 2.05) is 36.4 Å². The van der Waals surface area contributed by atoms with Gasteiger partial charge < -0.3 is 14.2 Å². The molecule has 1 aliphatic heterocycles. The number of esters is 2. The summed E-state index contributed by atoms with van der Waals surface area (Å²) in [6, 6.07) is 8.41. The van der Waals surface area contributed by atoms with Crippen molar-refractivity contribution in [3.8, 4) is 0 Å². The Kier molecular flexibility index (Phi) is 6.81. The summed E-state index contributed by atoms with van der Waals surface area (Å²) in [5.41, 5.74) is 1.91. The first-order chi connectivity index (χ1) is 15.9. The molecular weight excluding hydrogens is 426 g/mol. The van der Waals surface area contributed by atoms with Crippen molar-refractivity contribution in [1.82, 2.24) is 4.90 Å². The second kappa shape index (κ2) is 9.77. The summed E-state index contributed by atoms with van der Waals surface area (Å²) in [5, 5.41) is 0. The molecule has 3 aliphatic rings. The van der Waals surface area contributed by atoms with E-state index in [-0.39, 0.29) is 19.1 Å². The molecule has 8 heteroatoms. The lowest BCUT2D eigenvalue weighted by Crippen LogP contribution is -2.43. The lowest BCUT2D eigenvalue weighted by atomic mass is 9.63. The second-order valence-corrected chi connectivity index (χ2v) is 8.86. The van der Waals surface area contributed by atoms with Crippen LogP contribution in [-0.2, 0) is 35.2 Å². The third kappa shape index (κ3) is 4.51. The van der Waals surface area contributed by atoms with E-state index in [0.29, 0.717) is 0 Å². The van der Waals surface area contributed by atoms with Gasteiger partial charge in [-0.1, -0.05) is 48.4 Å². The molecule has 1 saturated carbocycles. The van der Waals surface area contributed by atoms with Crippen LogP contribution in [0.25, 0.3) is 0 Å². The van der Waals surface area contributed by atoms with Gasteiger partial charge in [0.05, 0.1) is 25.0 Å². The largest absolute Gasteiger partial charge is 0.469 e. The van der Waals surface area contributed by atoms with Crippen molar-refractivity contribution in [1.29, 1.82) is 0 Å². The van der Waals surface area contributed by atoms with E-state index in [2.05, 4.69) is 0 Å². The van der Waals surface area contributed by atoms with Crippen LogP contribution in [0.15, 0.2) is 42.0 Å². The molecule has 0 aromatic heterocycles. The van der Waals surface area contributed by atoms with Crippen molar-refractivity contribution in [2.24, 2.45) is 23.7 Å². The Bertz CT molecular complexity index is 957. The number of hydrogen-bond acceptors (Lipinski definition) is 7. The standard InChI is InChI=1S/C25H29NO7/c1-15(27)32-14-20-19-12-17-10-6-7-11-18(17)22(24(29)31-2)21(19)23(28)26(20)25(30)33-13-16-8-4-3-5-9-16/h3-5,8-9,12,18-22H,6-7,10-11,13-14H2,1-2H3/t18-,19+,20+,21-,22+/m0/s1. The van der Waals surface area contributed by atoms with Crippen LogP contribution in [-0.4, -0.2) is 48.6 Å². The number of amides is 2. The van der Waals surface area contributed by atoms with Crippen molar-refractivity contribution < 1.29 is 33.4 Å². The molecule has 1 aromatic rings. The molecule has 8 nitrogen and oxygen atoms in total. The number of methoxy groups -OCH3 is 1. The number of carbonyl (C=O) groups is 4. The molecule has 1 saturated heterocycles. The molecule has 0 radical (unpaired) electrons. The fourth-order valence-electron chi connectivity index (χ4n) is 5.54. The smallest absolute Gasteiger partial charge is 0.417 e. The molecule has 0 spiro atoms. The van der Waals surface area contributed by atoms with Crippen molar-refractivity contribution in [2.75, 3.05) is 13.7 Å². The highest BCUT2D eigenvalue weighted by Gasteiger charge is 2.59. The third-order valence-corrected chi connectivity index (χ3v) is 6.98. The predicted octanol–water partition coefficient (Wildman–Crippen LogP) is 3.25. The van der Waals surface area contributed by atoms with Gasteiger partial charge in [-0.15, -0.1) is 0 Å². The topological polar surface area (TPSA) is 99.2 Å². The maximum atomic E-state index is 13.6. The number of benzene rings is 1. The number of ether oxygens (including phenoxy) is 3. The number of rotatable bonds is 5. The van der Waals surface area contributed by atoms with Crippen molar-refractivity contribution in [3.05, 3.63) is 47.5 Å². The zero-order valence-electron chi connectivity index (χ0n) is 18.9. The maximum absolute atomic E-state index is 13.6. The van der Waals surface area contributed by atoms with Gasteiger partial charge in [0.2, 0.25) is 5.91 Å². The molecule has 0 unspecified atom stereocenters. The van der Waals surface area contributed by atoms with E-state index in [1.54, 1.807) is 0 Å². The van der Waals surface area contributed by atoms with Crippen LogP contribution in [0.2, 0.25) is 0 Å². The van der Waals surface area contributed by atoms with Crippen LogP contribution in [0.1, 0.15) is 38.2 Å². The van der Waals surface area contributed by atoms with Crippen LogP contribution in [0.5, 0.6) is 0 Å². The quantitative estimate of drug-likeness (QED) is 0.382. The summed E-state index contributed by atoms with van der Waals surface area (Å²) >= 11 is 0. The van der Waals surface area contributed by atoms with Crippen LogP contribution in [0.4, 0.5) is 4.79 Å². The molecule has 176 valence electrons. The van der Waals surface area contributed by atoms with Gasteiger partial charge in [-0.05, 0) is 30.7 Å². The minimum Gasteiger partial charge on any atom is -0.469 e. The van der Waals surface area contributed by atoms with Gasteiger partial charge in [-0.3, -0.25) is 14.4 Å². The van der Waals surface area contributed by atoms with E-state index in [9.17, 15) is 19.2 Å². The zero-order valence-corrected chi connectivity index (χ0v) is 18.9. The fraction of sp³-hybridized carbons (Fsp3) is 0.520. The van der Waals surface area contributed by atoms with Crippen molar-refractivity contribution in [3.63, 3.8) is 0 Å². The molecule has 0 bridgehead atoms. The van der Waals surface area contributed by atoms with Gasteiger partial charge in [0, 0.05) is 12.8 Å². The number of likely N-dealkylation sites (tertiary alicyclic amines) is 1. The maximum Gasteiger partial charge on any atom is 0.417 e. The third-order valence-electron chi connectivity index (χ3n) is 6.98. The molecule has 1 aromatic carbocycles. The molecule has 5 atom stereocenters. The van der Waals surface area contributed by atoms with Crippen molar-refractivity contribution in [2.45, 2.75) is 45.3 Å². The van der Waals surface area contributed by atoms with Gasteiger partial charge >= 0.3 is 18.0 Å². The number of imide groups is 1. The summed E-state index contributed by atoms with van der Waals surface area (Å²) in [7, 11) is 1.32. The highest BCUT2D eigenvalue weighted by molar-refractivity contribution is 5.98. The van der Waals surface area contributed by atoms with E-state index in [4.69, 9.17) is 14.2 Å². The molecule has 2 amide bonds. The summed E-state index contributed by atoms with van der Waals surface area (Å²) in [6.45, 7) is 1.13. The molecule has 4 rings (SSSR count). The first kappa shape index (κ1) is 23.0. The van der Waals surface area contributed by atoms with Crippen LogP contribution in [0.3, 0.4) is 0 Å². The number of nitrogens with zero attached hydrogens (tertiary/aromatic N) is 1. The summed E-state index contributed by atoms with van der Waals surface area (Å²) < 4.78 is 15.8. The Morgan fingerprint density at radius 1 is 1.09 bits per heavy atom. The minimum atomic E-state index is -0.805. The summed E-state index contributed by atoms with van der Waals surface area (Å²) in [6.07, 6.45) is 4.86. The average molecular weight is 456 g/mol. The van der Waals surface area contributed by atoms with Gasteiger partial charge in [-0.25, -0.2) is 9.69 Å². The van der Waals surface area contributed by atoms with Crippen molar-refractivity contribution >= 4 is 23.9 Å². The SMILES string of the molecule is COC(=O)[C@H]1[C@H]2C(=O)N(C(=O)OCc3ccccc3)[C@H](COC(C)=O)[C@H]2C=C2CCCC[C@@H]21. The first-order valence-corrected chi connectivity index (χ1v) is 11.4. The number of allylic oxidation sites excluding steroid dienone is 1. The van der Waals surface area contributed by atoms with Gasteiger partial charge in [-0.2, -0.15) is 0 Å². The highest BCUT2D eigenvalue weighted by atomic mass is 16.6. The van der Waals surface area contributed by atoms with E-state index in [0.717, 1.165) is 41.7 Å². The molecule has 0 N–H and O–H groups in total. The zero-order chi connectivity index (χ0) is 23.5. The number of carbonyl (C=O) groups excluding carboxylic acids is 4. The lowest BCUT2D eigenvalue weighted by molar-refractivity contribution is -0.154. The average Bonchev–Trinajstić information content (AvgIpc) is 3.10. The summed E-state index contributed by atoms with van der Waals surface area (Å²) in [5.74, 6) is -3.38. The van der Waals surface area contributed by atoms with Gasteiger partial charge in [0.25, 0.3) is 0 Å². The second-order valence-electron chi connectivity index (χ2n) is 8.86. The Morgan fingerprint density at radius 3 is 2.55 bits per heavy atom. The van der Waals surface area contributed by atoms with E-state index >= 15 is 0 Å². The Balaban J connectivity index is 1.65. The van der Waals surface area contributed by atoms with Crippen LogP contribution < -0.4 is 0 Å². The summed E-state index contributed by atoms with van der Waals surface area (Å²) in [4.78, 5) is 52.1. The Labute approximate surface area is 192 Å². The van der Waals surface area contributed by atoms with Gasteiger partial charge in [0.1, 0.15) is 13.2 Å². The molecule has 2 fully saturated rings. The molecular formula is C25H29NO7. The molecule has 1 heterocycles. The molecule has 33 heavy (non-hydrogen) atoms. The van der Waals surface area contributed by atoms with E-state index in [1.165, 1.54) is 14.0 Å². The van der Waals surface area contributed by atoms with E-state index < -0.39 is 47.7 Å².